The predicted molar refractivity (Wildman–Crippen MR) is 104 cm³/mol. The predicted octanol–water partition coefficient (Wildman–Crippen LogP) is 3.49. The number of carboxylic acids is 1. The lowest BCUT2D eigenvalue weighted by atomic mass is 9.79. The summed E-state index contributed by atoms with van der Waals surface area (Å²) in [5, 5.41) is 14.1. The first kappa shape index (κ1) is 17.0. The van der Waals surface area contributed by atoms with E-state index in [9.17, 15) is 14.7 Å². The van der Waals surface area contributed by atoms with E-state index >= 15 is 0 Å². The summed E-state index contributed by atoms with van der Waals surface area (Å²) in [7, 11) is 1.80. The van der Waals surface area contributed by atoms with Crippen LogP contribution in [0.2, 0.25) is 5.02 Å². The molecular weight excluding hydrogens is 378 g/mol. The number of anilines is 2. The van der Waals surface area contributed by atoms with Gasteiger partial charge in [-0.25, -0.2) is 4.79 Å². The molecule has 6 nitrogen and oxygen atoms in total. The van der Waals surface area contributed by atoms with Gasteiger partial charge in [0.25, 0.3) is 0 Å². The Morgan fingerprint density at radius 3 is 2.68 bits per heavy atom. The van der Waals surface area contributed by atoms with Crippen molar-refractivity contribution in [3.05, 3.63) is 76.1 Å². The summed E-state index contributed by atoms with van der Waals surface area (Å²) in [4.78, 5) is 26.8. The third kappa shape index (κ3) is 2.24. The lowest BCUT2D eigenvalue weighted by molar-refractivity contribution is -0.122. The normalized spacial score (nSPS) is 19.9. The topological polar surface area (TPSA) is 75.4 Å². The molecule has 0 saturated carbocycles. The van der Waals surface area contributed by atoms with Crippen molar-refractivity contribution in [1.82, 2.24) is 9.78 Å². The van der Waals surface area contributed by atoms with Gasteiger partial charge >= 0.3 is 5.97 Å². The van der Waals surface area contributed by atoms with Crippen LogP contribution < -0.4 is 4.90 Å². The standard InChI is InChI=1S/C21H16ClN3O3/c1-24-11-16(10-23-24)25-18-7-15(22)4-5-17(18)21(20(25)28)8-13-3-2-12(19(26)27)6-14(13)9-21/h2-7,10-11H,8-9H2,1H3,(H,26,27). The molecule has 2 heterocycles. The maximum Gasteiger partial charge on any atom is 0.335 e. The molecule has 0 saturated heterocycles. The van der Waals surface area contributed by atoms with E-state index in [2.05, 4.69) is 5.10 Å². The summed E-state index contributed by atoms with van der Waals surface area (Å²) >= 11 is 6.24. The number of rotatable bonds is 2. The number of nitrogens with zero attached hydrogens (tertiary/aromatic N) is 3. The molecule has 1 aliphatic carbocycles. The number of fused-ring (bicyclic) bond motifs is 3. The molecule has 0 radical (unpaired) electrons. The number of hydrogen-bond donors (Lipinski definition) is 1. The Bertz CT molecular complexity index is 1170. The van der Waals surface area contributed by atoms with E-state index in [-0.39, 0.29) is 11.5 Å². The Balaban J connectivity index is 1.67. The number of benzene rings is 2. The van der Waals surface area contributed by atoms with Gasteiger partial charge in [-0.2, -0.15) is 5.10 Å². The summed E-state index contributed by atoms with van der Waals surface area (Å²) in [5.74, 6) is -1.00. The van der Waals surface area contributed by atoms with Gasteiger partial charge in [-0.1, -0.05) is 23.7 Å². The van der Waals surface area contributed by atoms with E-state index in [1.54, 1.807) is 47.2 Å². The largest absolute Gasteiger partial charge is 0.478 e. The van der Waals surface area contributed by atoms with Crippen LogP contribution in [0, 0.1) is 0 Å². The average Bonchev–Trinajstić information content (AvgIpc) is 3.30. The lowest BCUT2D eigenvalue weighted by Crippen LogP contribution is -2.39. The van der Waals surface area contributed by atoms with E-state index in [4.69, 9.17) is 11.6 Å². The van der Waals surface area contributed by atoms with Crippen molar-refractivity contribution in [1.29, 1.82) is 0 Å². The second kappa shape index (κ2) is 5.69. The molecule has 28 heavy (non-hydrogen) atoms. The number of carboxylic acid groups (broad SMARTS) is 1. The molecule has 1 atom stereocenters. The van der Waals surface area contributed by atoms with E-state index in [1.165, 1.54) is 0 Å². The highest BCUT2D eigenvalue weighted by molar-refractivity contribution is 6.31. The quantitative estimate of drug-likeness (QED) is 0.723. The second-order valence-electron chi connectivity index (χ2n) is 7.40. The van der Waals surface area contributed by atoms with Gasteiger partial charge in [0.05, 0.1) is 28.6 Å². The van der Waals surface area contributed by atoms with Gasteiger partial charge in [0.15, 0.2) is 0 Å². The monoisotopic (exact) mass is 393 g/mol. The smallest absolute Gasteiger partial charge is 0.335 e. The summed E-state index contributed by atoms with van der Waals surface area (Å²) in [6, 6.07) is 10.6. The Kier molecular flexibility index (Phi) is 3.46. The lowest BCUT2D eigenvalue weighted by Gasteiger charge is -2.23. The highest BCUT2D eigenvalue weighted by Crippen LogP contribution is 2.52. The molecule has 1 aromatic heterocycles. The van der Waals surface area contributed by atoms with E-state index in [1.807, 2.05) is 18.2 Å². The molecule has 1 amide bonds. The van der Waals surface area contributed by atoms with Gasteiger partial charge in [0, 0.05) is 18.3 Å². The Morgan fingerprint density at radius 2 is 1.96 bits per heavy atom. The maximum absolute atomic E-state index is 13.7. The summed E-state index contributed by atoms with van der Waals surface area (Å²) < 4.78 is 1.65. The van der Waals surface area contributed by atoms with Crippen LogP contribution in [0.1, 0.15) is 27.0 Å². The zero-order valence-electron chi connectivity index (χ0n) is 15.0. The minimum atomic E-state index is -0.967. The van der Waals surface area contributed by atoms with Crippen LogP contribution in [-0.2, 0) is 30.1 Å². The third-order valence-corrected chi connectivity index (χ3v) is 5.95. The molecule has 0 bridgehead atoms. The highest BCUT2D eigenvalue weighted by atomic mass is 35.5. The molecule has 1 unspecified atom stereocenters. The molecule has 7 heteroatoms. The molecule has 1 spiro atoms. The number of aromatic carboxylic acids is 1. The summed E-state index contributed by atoms with van der Waals surface area (Å²) in [6.45, 7) is 0. The minimum Gasteiger partial charge on any atom is -0.478 e. The van der Waals surface area contributed by atoms with Crippen LogP contribution >= 0.6 is 11.6 Å². The fourth-order valence-electron chi connectivity index (χ4n) is 4.46. The third-order valence-electron chi connectivity index (χ3n) is 5.72. The van der Waals surface area contributed by atoms with Crippen LogP contribution in [0.3, 0.4) is 0 Å². The van der Waals surface area contributed by atoms with Gasteiger partial charge in [-0.15, -0.1) is 0 Å². The number of aryl methyl sites for hydroxylation is 1. The van der Waals surface area contributed by atoms with Crippen molar-refractivity contribution in [2.45, 2.75) is 18.3 Å². The first-order valence-corrected chi connectivity index (χ1v) is 9.25. The second-order valence-corrected chi connectivity index (χ2v) is 7.83. The molecule has 0 fully saturated rings. The van der Waals surface area contributed by atoms with Gasteiger partial charge in [-0.05, 0) is 53.8 Å². The van der Waals surface area contributed by atoms with Crippen molar-refractivity contribution in [3.8, 4) is 0 Å². The number of carbonyl (C=O) groups is 2. The zero-order valence-corrected chi connectivity index (χ0v) is 15.8. The Hall–Kier alpha value is -3.12. The van der Waals surface area contributed by atoms with Crippen molar-refractivity contribution < 1.29 is 14.7 Å². The molecule has 2 aromatic carbocycles. The SMILES string of the molecule is Cn1cc(N2C(=O)C3(Cc4ccc(C(=O)O)cc4C3)c3ccc(Cl)cc32)cn1. The van der Waals surface area contributed by atoms with Crippen LogP contribution in [0.25, 0.3) is 0 Å². The fraction of sp³-hybridized carbons (Fsp3) is 0.190. The van der Waals surface area contributed by atoms with E-state index < -0.39 is 11.4 Å². The highest BCUT2D eigenvalue weighted by Gasteiger charge is 2.54. The van der Waals surface area contributed by atoms with Gasteiger partial charge in [-0.3, -0.25) is 14.4 Å². The molecule has 140 valence electrons. The summed E-state index contributed by atoms with van der Waals surface area (Å²) in [6.07, 6.45) is 4.46. The molecular formula is C21H16ClN3O3. The molecule has 3 aromatic rings. The minimum absolute atomic E-state index is 0.0363. The maximum atomic E-state index is 13.7. The number of amides is 1. The van der Waals surface area contributed by atoms with E-state index in [0.29, 0.717) is 23.6 Å². The number of halogens is 1. The van der Waals surface area contributed by atoms with Crippen molar-refractivity contribution in [2.75, 3.05) is 4.90 Å². The molecule has 2 aliphatic rings. The van der Waals surface area contributed by atoms with Crippen LogP contribution in [-0.4, -0.2) is 26.8 Å². The van der Waals surface area contributed by atoms with Crippen molar-refractivity contribution in [3.63, 3.8) is 0 Å². The summed E-state index contributed by atoms with van der Waals surface area (Å²) in [5.41, 5.74) is 3.76. The zero-order chi connectivity index (χ0) is 19.6. The van der Waals surface area contributed by atoms with Crippen LogP contribution in [0.15, 0.2) is 48.8 Å². The van der Waals surface area contributed by atoms with Crippen molar-refractivity contribution >= 4 is 34.9 Å². The van der Waals surface area contributed by atoms with Gasteiger partial charge in [0.1, 0.15) is 0 Å². The van der Waals surface area contributed by atoms with Crippen molar-refractivity contribution in [2.24, 2.45) is 7.05 Å². The molecule has 1 N–H and O–H groups in total. The fourth-order valence-corrected chi connectivity index (χ4v) is 4.63. The number of aromatic nitrogens is 2. The first-order chi connectivity index (χ1) is 13.4. The number of hydrogen-bond acceptors (Lipinski definition) is 3. The Labute approximate surface area is 166 Å². The average molecular weight is 394 g/mol. The molecule has 5 rings (SSSR count). The van der Waals surface area contributed by atoms with E-state index in [0.717, 1.165) is 22.4 Å². The number of carbonyl (C=O) groups excluding carboxylic acids is 1. The molecule has 1 aliphatic heterocycles. The first-order valence-electron chi connectivity index (χ1n) is 8.87. The van der Waals surface area contributed by atoms with Gasteiger partial charge < -0.3 is 5.11 Å². The van der Waals surface area contributed by atoms with Gasteiger partial charge in [0.2, 0.25) is 5.91 Å². The van der Waals surface area contributed by atoms with Crippen LogP contribution in [0.4, 0.5) is 11.4 Å². The Morgan fingerprint density at radius 1 is 1.18 bits per heavy atom. The van der Waals surface area contributed by atoms with Crippen LogP contribution in [0.5, 0.6) is 0 Å².